The molecule has 0 spiro atoms. The van der Waals surface area contributed by atoms with Crippen LogP contribution in [0.5, 0.6) is 0 Å². The van der Waals surface area contributed by atoms with Gasteiger partial charge in [0.1, 0.15) is 22.3 Å². The molecule has 5 heteroatoms. The number of furan rings is 2. The summed E-state index contributed by atoms with van der Waals surface area (Å²) in [5.74, 6) is 0. The summed E-state index contributed by atoms with van der Waals surface area (Å²) in [4.78, 5) is 10.0. The molecule has 0 atom stereocenters. The summed E-state index contributed by atoms with van der Waals surface area (Å²) in [6.45, 7) is 0. The Labute approximate surface area is 279 Å². The third kappa shape index (κ3) is 3.75. The molecule has 0 radical (unpaired) electrons. The summed E-state index contributed by atoms with van der Waals surface area (Å²) in [5.41, 5.74) is 11.1. The quantitative estimate of drug-likeness (QED) is 0.196. The van der Waals surface area contributed by atoms with Crippen molar-refractivity contribution in [3.63, 3.8) is 0 Å². The van der Waals surface area contributed by atoms with Gasteiger partial charge in [-0.1, -0.05) is 97.1 Å². The average molecular weight is 628 g/mol. The van der Waals surface area contributed by atoms with Gasteiger partial charge in [-0.2, -0.15) is 0 Å². The van der Waals surface area contributed by atoms with Crippen molar-refractivity contribution in [2.45, 2.75) is 0 Å². The second-order valence-corrected chi connectivity index (χ2v) is 12.6. The van der Waals surface area contributed by atoms with Crippen molar-refractivity contribution in [2.75, 3.05) is 0 Å². The molecule has 0 saturated carbocycles. The van der Waals surface area contributed by atoms with Crippen LogP contribution in [0.25, 0.3) is 105 Å². The lowest BCUT2D eigenvalue weighted by Crippen LogP contribution is -1.92. The number of hydrogen-bond donors (Lipinski definition) is 0. The minimum absolute atomic E-state index is 0.522. The van der Waals surface area contributed by atoms with E-state index in [0.29, 0.717) is 5.71 Å². The first-order valence-corrected chi connectivity index (χ1v) is 16.4. The highest BCUT2D eigenvalue weighted by atomic mass is 16.3. The number of hydrogen-bond acceptors (Lipinski definition) is 4. The molecule has 11 aromatic rings. The third-order valence-corrected chi connectivity index (χ3v) is 9.87. The van der Waals surface area contributed by atoms with E-state index in [1.165, 1.54) is 21.8 Å². The molecule has 11 rings (SSSR count). The highest BCUT2D eigenvalue weighted by molar-refractivity contribution is 6.20. The molecule has 228 valence electrons. The second-order valence-electron chi connectivity index (χ2n) is 12.6. The zero-order valence-electron chi connectivity index (χ0n) is 26.1. The summed E-state index contributed by atoms with van der Waals surface area (Å²) < 4.78 is 15.2. The Balaban J connectivity index is 1.14. The maximum absolute atomic E-state index is 6.50. The Hall–Kier alpha value is -6.72. The van der Waals surface area contributed by atoms with Gasteiger partial charge in [-0.15, -0.1) is 0 Å². The van der Waals surface area contributed by atoms with Crippen molar-refractivity contribution in [3.05, 3.63) is 152 Å². The van der Waals surface area contributed by atoms with Gasteiger partial charge in [-0.05, 0) is 70.4 Å². The fourth-order valence-electron chi connectivity index (χ4n) is 7.75. The van der Waals surface area contributed by atoms with Gasteiger partial charge >= 0.3 is 0 Å². The van der Waals surface area contributed by atoms with Crippen LogP contribution in [-0.2, 0) is 0 Å². The van der Waals surface area contributed by atoms with Crippen molar-refractivity contribution in [1.29, 1.82) is 0 Å². The van der Waals surface area contributed by atoms with Crippen LogP contribution in [-0.4, -0.2) is 14.5 Å². The summed E-state index contributed by atoms with van der Waals surface area (Å²) >= 11 is 0. The molecule has 0 fully saturated rings. The zero-order valence-corrected chi connectivity index (χ0v) is 26.1. The van der Waals surface area contributed by atoms with E-state index in [4.69, 9.17) is 18.8 Å². The molecule has 0 unspecified atom stereocenters. The highest BCUT2D eigenvalue weighted by Gasteiger charge is 2.20. The minimum Gasteiger partial charge on any atom is -0.456 e. The lowest BCUT2D eigenvalue weighted by atomic mass is 9.95. The topological polar surface area (TPSA) is 57.0 Å². The molecule has 7 aromatic carbocycles. The molecule has 0 N–H and O–H groups in total. The summed E-state index contributed by atoms with van der Waals surface area (Å²) in [6.07, 6.45) is 1.86. The van der Waals surface area contributed by atoms with Gasteiger partial charge in [0.05, 0.1) is 28.3 Å². The van der Waals surface area contributed by atoms with Gasteiger partial charge in [-0.25, -0.2) is 9.97 Å². The zero-order chi connectivity index (χ0) is 32.1. The fourth-order valence-corrected chi connectivity index (χ4v) is 7.75. The van der Waals surface area contributed by atoms with E-state index >= 15 is 0 Å². The standard InChI is InChI=1S/C44H25N3O2/c1-2-11-28(12-3-1)47-35-17-7-6-14-31(35)33-24-27(20-22-36(33)47)30-15-8-18-37-40(30)41-32(16-9-19-38(41)48-37)34-25-45-43-42-29-13-5-4-10-26(29)21-23-39(42)49-44(43)46-34/h1-25H. The van der Waals surface area contributed by atoms with Crippen LogP contribution in [0.15, 0.2) is 161 Å². The number of aromatic nitrogens is 3. The number of rotatable bonds is 3. The van der Waals surface area contributed by atoms with Crippen LogP contribution < -0.4 is 0 Å². The van der Waals surface area contributed by atoms with E-state index in [9.17, 15) is 0 Å². The van der Waals surface area contributed by atoms with Crippen molar-refractivity contribution >= 4 is 76.7 Å². The Bertz CT molecular complexity index is 3110. The SMILES string of the molecule is c1ccc(-n2c3ccccc3c3cc(-c4cccc5oc6cccc(-c7cnc8c(n7)oc7ccc9ccccc9c78)c6c45)ccc32)cc1. The van der Waals surface area contributed by atoms with E-state index in [-0.39, 0.29) is 0 Å². The maximum Gasteiger partial charge on any atom is 0.246 e. The van der Waals surface area contributed by atoms with Gasteiger partial charge in [-0.3, -0.25) is 0 Å². The smallest absolute Gasteiger partial charge is 0.246 e. The van der Waals surface area contributed by atoms with Crippen LogP contribution in [0.1, 0.15) is 0 Å². The largest absolute Gasteiger partial charge is 0.456 e. The number of nitrogens with zero attached hydrogens (tertiary/aromatic N) is 3. The van der Waals surface area contributed by atoms with Crippen molar-refractivity contribution < 1.29 is 8.83 Å². The molecule has 5 nitrogen and oxygen atoms in total. The summed E-state index contributed by atoms with van der Waals surface area (Å²) in [6, 6.07) is 50.8. The second kappa shape index (κ2) is 9.89. The van der Waals surface area contributed by atoms with E-state index in [1.54, 1.807) is 0 Å². The highest BCUT2D eigenvalue weighted by Crippen LogP contribution is 2.43. The first kappa shape index (κ1) is 26.4. The van der Waals surface area contributed by atoms with Crippen LogP contribution >= 0.6 is 0 Å². The lowest BCUT2D eigenvalue weighted by Gasteiger charge is -2.09. The molecule has 0 saturated heterocycles. The van der Waals surface area contributed by atoms with Crippen LogP contribution in [0.2, 0.25) is 0 Å². The minimum atomic E-state index is 0.522. The van der Waals surface area contributed by atoms with Gasteiger partial charge < -0.3 is 13.4 Å². The van der Waals surface area contributed by atoms with Gasteiger partial charge in [0.15, 0.2) is 0 Å². The number of fused-ring (bicyclic) bond motifs is 11. The Morgan fingerprint density at radius 3 is 2.08 bits per heavy atom. The maximum atomic E-state index is 6.50. The summed E-state index contributed by atoms with van der Waals surface area (Å²) in [7, 11) is 0. The predicted molar refractivity (Wildman–Crippen MR) is 199 cm³/mol. The molecule has 4 heterocycles. The van der Waals surface area contributed by atoms with Gasteiger partial charge in [0.25, 0.3) is 0 Å². The molecule has 4 aromatic heterocycles. The van der Waals surface area contributed by atoms with Crippen LogP contribution in [0.3, 0.4) is 0 Å². The number of para-hydroxylation sites is 2. The lowest BCUT2D eigenvalue weighted by molar-refractivity contribution is 0.653. The van der Waals surface area contributed by atoms with Crippen molar-refractivity contribution in [1.82, 2.24) is 14.5 Å². The molecule has 0 aliphatic heterocycles. The number of benzene rings is 7. The third-order valence-electron chi connectivity index (χ3n) is 9.87. The predicted octanol–water partition coefficient (Wildman–Crippen LogP) is 11.9. The summed E-state index contributed by atoms with van der Waals surface area (Å²) in [5, 5.41) is 7.73. The van der Waals surface area contributed by atoms with E-state index in [1.807, 2.05) is 42.6 Å². The van der Waals surface area contributed by atoms with E-state index in [2.05, 4.69) is 114 Å². The normalized spacial score (nSPS) is 12.1. The van der Waals surface area contributed by atoms with Crippen LogP contribution in [0, 0.1) is 0 Å². The fraction of sp³-hybridized carbons (Fsp3) is 0. The van der Waals surface area contributed by atoms with E-state index < -0.39 is 0 Å². The molecular formula is C44H25N3O2. The van der Waals surface area contributed by atoms with Gasteiger partial charge in [0, 0.05) is 32.8 Å². The Kier molecular flexibility index (Phi) is 5.32. The van der Waals surface area contributed by atoms with Crippen molar-refractivity contribution in [3.8, 4) is 28.1 Å². The Morgan fingerprint density at radius 1 is 0.490 bits per heavy atom. The molecular weight excluding hydrogens is 603 g/mol. The monoisotopic (exact) mass is 627 g/mol. The van der Waals surface area contributed by atoms with Crippen molar-refractivity contribution in [2.24, 2.45) is 0 Å². The molecule has 49 heavy (non-hydrogen) atoms. The van der Waals surface area contributed by atoms with Gasteiger partial charge in [0.2, 0.25) is 5.71 Å². The molecule has 0 aliphatic carbocycles. The average Bonchev–Trinajstić information content (AvgIpc) is 3.84. The molecule has 0 amide bonds. The molecule has 0 aliphatic rings. The van der Waals surface area contributed by atoms with Crippen LogP contribution in [0.4, 0.5) is 0 Å². The van der Waals surface area contributed by atoms with E-state index in [0.717, 1.165) is 77.3 Å². The molecule has 0 bridgehead atoms. The Morgan fingerprint density at radius 2 is 1.20 bits per heavy atom. The first-order valence-electron chi connectivity index (χ1n) is 16.4. The first-order chi connectivity index (χ1) is 24.3.